The summed E-state index contributed by atoms with van der Waals surface area (Å²) in [4.78, 5) is 0. The van der Waals surface area contributed by atoms with Crippen molar-refractivity contribution in [1.29, 1.82) is 0 Å². The Morgan fingerprint density at radius 1 is 1.23 bits per heavy atom. The number of hydrogen-bond donors (Lipinski definition) is 1. The zero-order chi connectivity index (χ0) is 10.5. The maximum atomic E-state index is 11.8. The number of nitrogens with one attached hydrogen (secondary N) is 1. The minimum atomic E-state index is -4.00. The van der Waals surface area contributed by atoms with Crippen LogP contribution in [0.5, 0.6) is 0 Å². The Hall–Kier alpha value is -0.250. The molecule has 4 heteroatoms. The van der Waals surface area contributed by atoms with Gasteiger partial charge in [-0.05, 0) is 32.7 Å². The largest absolute Gasteiger partial charge is 0.389 e. The summed E-state index contributed by atoms with van der Waals surface area (Å²) in [6, 6.07) is 0.285. The molecule has 80 valence electrons. The van der Waals surface area contributed by atoms with Crippen molar-refractivity contribution in [3.05, 3.63) is 0 Å². The van der Waals surface area contributed by atoms with E-state index in [2.05, 4.69) is 5.32 Å². The monoisotopic (exact) mass is 197 g/mol. The molecule has 0 amide bonds. The number of alkyl halides is 3. The summed E-state index contributed by atoms with van der Waals surface area (Å²) >= 11 is 0. The first-order chi connectivity index (χ1) is 5.87. The van der Waals surface area contributed by atoms with Crippen LogP contribution in [0.1, 0.15) is 33.1 Å². The fraction of sp³-hybridized carbons (Fsp3) is 1.00. The van der Waals surface area contributed by atoms with Gasteiger partial charge in [0.15, 0.2) is 0 Å². The van der Waals surface area contributed by atoms with Crippen LogP contribution in [-0.4, -0.2) is 19.3 Å². The molecule has 0 spiro atoms. The average molecular weight is 197 g/mol. The Morgan fingerprint density at radius 2 is 1.77 bits per heavy atom. The van der Waals surface area contributed by atoms with Crippen LogP contribution < -0.4 is 5.32 Å². The molecule has 2 atom stereocenters. The second kappa shape index (κ2) is 5.47. The van der Waals surface area contributed by atoms with E-state index in [4.69, 9.17) is 0 Å². The summed E-state index contributed by atoms with van der Waals surface area (Å²) in [7, 11) is 1.82. The van der Waals surface area contributed by atoms with Gasteiger partial charge in [-0.3, -0.25) is 0 Å². The van der Waals surface area contributed by atoms with Gasteiger partial charge in [0, 0.05) is 12.5 Å². The summed E-state index contributed by atoms with van der Waals surface area (Å²) < 4.78 is 35.3. The molecule has 0 aliphatic rings. The van der Waals surface area contributed by atoms with Gasteiger partial charge in [0.2, 0.25) is 0 Å². The molecule has 2 unspecified atom stereocenters. The minimum Gasteiger partial charge on any atom is -0.317 e. The van der Waals surface area contributed by atoms with Crippen molar-refractivity contribution < 1.29 is 13.2 Å². The Labute approximate surface area is 77.7 Å². The lowest BCUT2D eigenvalue weighted by Crippen LogP contribution is -2.28. The minimum absolute atomic E-state index is 0.233. The van der Waals surface area contributed by atoms with Crippen molar-refractivity contribution in [2.24, 2.45) is 5.92 Å². The Kier molecular flexibility index (Phi) is 5.37. The molecule has 1 nitrogen and oxygen atoms in total. The van der Waals surface area contributed by atoms with Gasteiger partial charge in [-0.25, -0.2) is 0 Å². The van der Waals surface area contributed by atoms with Gasteiger partial charge in [0.25, 0.3) is 0 Å². The van der Waals surface area contributed by atoms with E-state index in [1.807, 2.05) is 20.9 Å². The van der Waals surface area contributed by atoms with Crippen molar-refractivity contribution in [3.63, 3.8) is 0 Å². The van der Waals surface area contributed by atoms with Crippen LogP contribution in [0.2, 0.25) is 0 Å². The third-order valence-electron chi connectivity index (χ3n) is 2.43. The van der Waals surface area contributed by atoms with Gasteiger partial charge in [-0.2, -0.15) is 13.2 Å². The second-order valence-corrected chi connectivity index (χ2v) is 3.56. The van der Waals surface area contributed by atoms with Crippen molar-refractivity contribution in [3.8, 4) is 0 Å². The fourth-order valence-electron chi connectivity index (χ4n) is 1.16. The summed E-state index contributed by atoms with van der Waals surface area (Å²) in [5.41, 5.74) is 0. The molecule has 13 heavy (non-hydrogen) atoms. The smallest absolute Gasteiger partial charge is 0.317 e. The van der Waals surface area contributed by atoms with Crippen molar-refractivity contribution in [2.75, 3.05) is 7.05 Å². The van der Waals surface area contributed by atoms with Crippen LogP contribution in [0, 0.1) is 5.92 Å². The molecular formula is C9H18F3N. The van der Waals surface area contributed by atoms with E-state index in [0.717, 1.165) is 0 Å². The van der Waals surface area contributed by atoms with Gasteiger partial charge in [0.05, 0.1) is 0 Å². The molecule has 0 bridgehead atoms. The van der Waals surface area contributed by atoms with Crippen LogP contribution in [0.4, 0.5) is 13.2 Å². The molecule has 0 saturated carbocycles. The summed E-state index contributed by atoms with van der Waals surface area (Å²) in [5.74, 6) is 0.298. The van der Waals surface area contributed by atoms with E-state index in [-0.39, 0.29) is 12.5 Å². The molecule has 0 aromatic heterocycles. The quantitative estimate of drug-likeness (QED) is 0.714. The molecule has 0 rings (SSSR count). The number of halogens is 3. The molecule has 0 saturated heterocycles. The van der Waals surface area contributed by atoms with Gasteiger partial charge >= 0.3 is 6.18 Å². The van der Waals surface area contributed by atoms with E-state index in [0.29, 0.717) is 12.3 Å². The van der Waals surface area contributed by atoms with Gasteiger partial charge in [0.1, 0.15) is 0 Å². The molecule has 0 aromatic rings. The first-order valence-electron chi connectivity index (χ1n) is 4.61. The lowest BCUT2D eigenvalue weighted by atomic mass is 9.97. The molecule has 0 aliphatic heterocycles. The Balaban J connectivity index is 3.53. The van der Waals surface area contributed by atoms with Crippen LogP contribution >= 0.6 is 0 Å². The van der Waals surface area contributed by atoms with Crippen LogP contribution in [0.15, 0.2) is 0 Å². The SMILES string of the molecule is CNC(C)C(C)CCCC(F)(F)F. The van der Waals surface area contributed by atoms with Crippen LogP contribution in [0.3, 0.4) is 0 Å². The van der Waals surface area contributed by atoms with Gasteiger partial charge in [-0.1, -0.05) is 6.92 Å². The normalized spacial score (nSPS) is 17.1. The second-order valence-electron chi connectivity index (χ2n) is 3.56. The third-order valence-corrected chi connectivity index (χ3v) is 2.43. The zero-order valence-electron chi connectivity index (χ0n) is 8.41. The van der Waals surface area contributed by atoms with Crippen molar-refractivity contribution >= 4 is 0 Å². The lowest BCUT2D eigenvalue weighted by molar-refractivity contribution is -0.136. The molecule has 0 radical (unpaired) electrons. The number of rotatable bonds is 5. The molecular weight excluding hydrogens is 179 g/mol. The topological polar surface area (TPSA) is 12.0 Å². The summed E-state index contributed by atoms with van der Waals surface area (Å²) in [6.45, 7) is 3.95. The van der Waals surface area contributed by atoms with E-state index in [1.54, 1.807) is 0 Å². The first kappa shape index (κ1) is 12.8. The highest BCUT2D eigenvalue weighted by Crippen LogP contribution is 2.24. The Morgan fingerprint density at radius 3 is 2.15 bits per heavy atom. The maximum absolute atomic E-state index is 11.8. The predicted molar refractivity (Wildman–Crippen MR) is 47.6 cm³/mol. The van der Waals surface area contributed by atoms with E-state index in [9.17, 15) is 13.2 Å². The first-order valence-corrected chi connectivity index (χ1v) is 4.61. The average Bonchev–Trinajstić information content (AvgIpc) is 2.00. The molecule has 0 aliphatic carbocycles. The lowest BCUT2D eigenvalue weighted by Gasteiger charge is -2.19. The number of hydrogen-bond acceptors (Lipinski definition) is 1. The third kappa shape index (κ3) is 6.87. The van der Waals surface area contributed by atoms with E-state index < -0.39 is 12.6 Å². The standard InChI is InChI=1S/C9H18F3N/c1-7(8(2)13-3)5-4-6-9(10,11)12/h7-8,13H,4-6H2,1-3H3. The summed E-state index contributed by atoms with van der Waals surface area (Å²) in [5, 5.41) is 3.03. The van der Waals surface area contributed by atoms with Gasteiger partial charge < -0.3 is 5.32 Å². The zero-order valence-corrected chi connectivity index (χ0v) is 8.41. The van der Waals surface area contributed by atoms with Crippen molar-refractivity contribution in [1.82, 2.24) is 5.32 Å². The van der Waals surface area contributed by atoms with Crippen molar-refractivity contribution in [2.45, 2.75) is 45.3 Å². The highest BCUT2D eigenvalue weighted by molar-refractivity contribution is 4.66. The van der Waals surface area contributed by atoms with Crippen LogP contribution in [0.25, 0.3) is 0 Å². The van der Waals surface area contributed by atoms with E-state index >= 15 is 0 Å². The summed E-state index contributed by atoms with van der Waals surface area (Å²) in [6.07, 6.45) is -3.80. The molecule has 0 aromatic carbocycles. The maximum Gasteiger partial charge on any atom is 0.389 e. The highest BCUT2D eigenvalue weighted by Gasteiger charge is 2.26. The molecule has 0 heterocycles. The molecule has 0 fully saturated rings. The predicted octanol–water partition coefficient (Wildman–Crippen LogP) is 2.96. The van der Waals surface area contributed by atoms with Crippen LogP contribution in [-0.2, 0) is 0 Å². The fourth-order valence-corrected chi connectivity index (χ4v) is 1.16. The molecule has 1 N–H and O–H groups in total. The van der Waals surface area contributed by atoms with Gasteiger partial charge in [-0.15, -0.1) is 0 Å². The van der Waals surface area contributed by atoms with E-state index in [1.165, 1.54) is 0 Å². The Bertz CT molecular complexity index is 133. The highest BCUT2D eigenvalue weighted by atomic mass is 19.4.